The smallest absolute Gasteiger partial charge is 0.0819 e. The summed E-state index contributed by atoms with van der Waals surface area (Å²) in [5.74, 6) is 0. The van der Waals surface area contributed by atoms with Crippen molar-refractivity contribution >= 4 is 0 Å². The van der Waals surface area contributed by atoms with Crippen LogP contribution in [0.25, 0.3) is 0 Å². The molecule has 1 unspecified atom stereocenters. The Kier molecular flexibility index (Phi) is 2.87. The van der Waals surface area contributed by atoms with Gasteiger partial charge in [-0.05, 0) is 12.8 Å². The third kappa shape index (κ3) is 1.92. The highest BCUT2D eigenvalue weighted by Crippen LogP contribution is 2.29. The van der Waals surface area contributed by atoms with E-state index in [1.54, 1.807) is 0 Å². The zero-order chi connectivity index (χ0) is 8.32. The monoisotopic (exact) mass is 159 g/mol. The summed E-state index contributed by atoms with van der Waals surface area (Å²) in [5, 5.41) is 18.5. The molecular formula is C8H17NO2. The first kappa shape index (κ1) is 8.97. The predicted octanol–water partition coefficient (Wildman–Crippen LogP) is 0.00120. The van der Waals surface area contributed by atoms with Gasteiger partial charge in [0.15, 0.2) is 0 Å². The molecule has 0 spiro atoms. The topological polar surface area (TPSA) is 66.5 Å². The second kappa shape index (κ2) is 3.52. The molecule has 0 saturated heterocycles. The average Bonchev–Trinajstić information content (AvgIpc) is 1.96. The Hall–Kier alpha value is -0.120. The van der Waals surface area contributed by atoms with Gasteiger partial charge in [0.1, 0.15) is 0 Å². The fourth-order valence-electron chi connectivity index (χ4n) is 1.75. The van der Waals surface area contributed by atoms with Crippen molar-refractivity contribution in [2.45, 2.75) is 43.7 Å². The van der Waals surface area contributed by atoms with Crippen molar-refractivity contribution in [1.29, 1.82) is 0 Å². The molecule has 2 atom stereocenters. The van der Waals surface area contributed by atoms with Crippen LogP contribution in [0.3, 0.4) is 0 Å². The molecule has 66 valence electrons. The van der Waals surface area contributed by atoms with E-state index in [0.717, 1.165) is 25.7 Å². The molecule has 0 aromatic rings. The minimum absolute atomic E-state index is 0.0319. The molecule has 3 nitrogen and oxygen atoms in total. The van der Waals surface area contributed by atoms with E-state index in [1.165, 1.54) is 0 Å². The van der Waals surface area contributed by atoms with Gasteiger partial charge in [-0.15, -0.1) is 0 Å². The van der Waals surface area contributed by atoms with Gasteiger partial charge in [0.25, 0.3) is 0 Å². The lowest BCUT2D eigenvalue weighted by Crippen LogP contribution is -2.50. The minimum Gasteiger partial charge on any atom is -0.396 e. The van der Waals surface area contributed by atoms with E-state index >= 15 is 0 Å². The van der Waals surface area contributed by atoms with Gasteiger partial charge in [0, 0.05) is 19.1 Å². The van der Waals surface area contributed by atoms with Crippen molar-refractivity contribution in [2.75, 3.05) is 6.61 Å². The van der Waals surface area contributed by atoms with Crippen molar-refractivity contribution in [3.63, 3.8) is 0 Å². The predicted molar refractivity (Wildman–Crippen MR) is 43.1 cm³/mol. The molecule has 1 aliphatic rings. The molecule has 0 heterocycles. The Morgan fingerprint density at radius 2 is 2.18 bits per heavy atom. The fraction of sp³-hybridized carbons (Fsp3) is 1.00. The Labute approximate surface area is 67.2 Å². The van der Waals surface area contributed by atoms with Crippen LogP contribution in [0.5, 0.6) is 0 Å². The Balaban J connectivity index is 2.49. The SMILES string of the molecule is N[C@H]1CCCCC1(O)CCO. The van der Waals surface area contributed by atoms with Crippen LogP contribution in [0, 0.1) is 0 Å². The number of aliphatic hydroxyl groups is 2. The molecule has 11 heavy (non-hydrogen) atoms. The summed E-state index contributed by atoms with van der Waals surface area (Å²) in [5.41, 5.74) is 4.95. The summed E-state index contributed by atoms with van der Waals surface area (Å²) in [6, 6.07) is -0.136. The van der Waals surface area contributed by atoms with Gasteiger partial charge >= 0.3 is 0 Å². The maximum atomic E-state index is 9.85. The number of hydrogen-bond donors (Lipinski definition) is 3. The Morgan fingerprint density at radius 3 is 2.73 bits per heavy atom. The first-order chi connectivity index (χ1) is 5.19. The maximum absolute atomic E-state index is 9.85. The normalized spacial score (nSPS) is 39.0. The number of rotatable bonds is 2. The van der Waals surface area contributed by atoms with Crippen LogP contribution in [0.4, 0.5) is 0 Å². The van der Waals surface area contributed by atoms with Crippen LogP contribution < -0.4 is 5.73 Å². The lowest BCUT2D eigenvalue weighted by Gasteiger charge is -2.37. The van der Waals surface area contributed by atoms with Crippen LogP contribution in [0.2, 0.25) is 0 Å². The summed E-state index contributed by atoms with van der Waals surface area (Å²) >= 11 is 0. The molecule has 1 saturated carbocycles. The van der Waals surface area contributed by atoms with Crippen molar-refractivity contribution in [3.8, 4) is 0 Å². The first-order valence-electron chi connectivity index (χ1n) is 4.28. The molecule has 4 N–H and O–H groups in total. The van der Waals surface area contributed by atoms with Gasteiger partial charge in [0.2, 0.25) is 0 Å². The number of hydrogen-bond acceptors (Lipinski definition) is 3. The lowest BCUT2D eigenvalue weighted by atomic mass is 9.79. The second-order valence-corrected chi connectivity index (χ2v) is 3.43. The molecule has 1 rings (SSSR count). The average molecular weight is 159 g/mol. The van der Waals surface area contributed by atoms with Crippen molar-refractivity contribution in [2.24, 2.45) is 5.73 Å². The minimum atomic E-state index is -0.785. The van der Waals surface area contributed by atoms with Gasteiger partial charge in [-0.3, -0.25) is 0 Å². The zero-order valence-corrected chi connectivity index (χ0v) is 6.79. The Morgan fingerprint density at radius 1 is 1.45 bits per heavy atom. The molecule has 0 amide bonds. The van der Waals surface area contributed by atoms with Crippen molar-refractivity contribution in [1.82, 2.24) is 0 Å². The van der Waals surface area contributed by atoms with E-state index in [0.29, 0.717) is 6.42 Å². The molecule has 0 bridgehead atoms. The highest BCUT2D eigenvalue weighted by atomic mass is 16.3. The number of nitrogens with two attached hydrogens (primary N) is 1. The summed E-state index contributed by atoms with van der Waals surface area (Å²) in [6.07, 6.45) is 4.19. The van der Waals surface area contributed by atoms with Gasteiger partial charge in [-0.1, -0.05) is 12.8 Å². The van der Waals surface area contributed by atoms with E-state index in [4.69, 9.17) is 10.8 Å². The third-order valence-corrected chi connectivity index (χ3v) is 2.61. The molecule has 0 aliphatic heterocycles. The van der Waals surface area contributed by atoms with Gasteiger partial charge in [-0.25, -0.2) is 0 Å². The van der Waals surface area contributed by atoms with Gasteiger partial charge in [-0.2, -0.15) is 0 Å². The van der Waals surface area contributed by atoms with E-state index in [2.05, 4.69) is 0 Å². The highest BCUT2D eigenvalue weighted by molar-refractivity contribution is 4.92. The summed E-state index contributed by atoms with van der Waals surface area (Å²) in [7, 11) is 0. The van der Waals surface area contributed by atoms with Crippen LogP contribution in [-0.2, 0) is 0 Å². The van der Waals surface area contributed by atoms with E-state index in [1.807, 2.05) is 0 Å². The van der Waals surface area contributed by atoms with Crippen LogP contribution >= 0.6 is 0 Å². The summed E-state index contributed by atoms with van der Waals surface area (Å²) in [4.78, 5) is 0. The Bertz CT molecular complexity index is 125. The standard InChI is InChI=1S/C8H17NO2/c9-7-3-1-2-4-8(7,11)5-6-10/h7,10-11H,1-6,9H2/t7-,8?/m0/s1. The third-order valence-electron chi connectivity index (χ3n) is 2.61. The first-order valence-corrected chi connectivity index (χ1v) is 4.28. The van der Waals surface area contributed by atoms with Crippen LogP contribution in [0.1, 0.15) is 32.1 Å². The van der Waals surface area contributed by atoms with Gasteiger partial charge < -0.3 is 15.9 Å². The quantitative estimate of drug-likeness (QED) is 0.531. The molecule has 0 radical (unpaired) electrons. The fourth-order valence-corrected chi connectivity index (χ4v) is 1.75. The molecule has 3 heteroatoms. The molecule has 1 fully saturated rings. The lowest BCUT2D eigenvalue weighted by molar-refractivity contribution is -0.0324. The highest BCUT2D eigenvalue weighted by Gasteiger charge is 2.35. The number of aliphatic hydroxyl groups excluding tert-OH is 1. The summed E-state index contributed by atoms with van der Waals surface area (Å²) in [6.45, 7) is 0.0319. The van der Waals surface area contributed by atoms with Crippen molar-refractivity contribution in [3.05, 3.63) is 0 Å². The van der Waals surface area contributed by atoms with Crippen molar-refractivity contribution < 1.29 is 10.2 Å². The maximum Gasteiger partial charge on any atom is 0.0819 e. The van der Waals surface area contributed by atoms with E-state index in [-0.39, 0.29) is 12.6 Å². The second-order valence-electron chi connectivity index (χ2n) is 3.43. The van der Waals surface area contributed by atoms with Gasteiger partial charge in [0.05, 0.1) is 5.60 Å². The summed E-state index contributed by atoms with van der Waals surface area (Å²) < 4.78 is 0. The molecule has 1 aliphatic carbocycles. The van der Waals surface area contributed by atoms with Crippen LogP contribution in [-0.4, -0.2) is 28.5 Å². The molecule has 0 aromatic heterocycles. The van der Waals surface area contributed by atoms with E-state index in [9.17, 15) is 5.11 Å². The largest absolute Gasteiger partial charge is 0.396 e. The van der Waals surface area contributed by atoms with Crippen LogP contribution in [0.15, 0.2) is 0 Å². The zero-order valence-electron chi connectivity index (χ0n) is 6.79. The molecule has 0 aromatic carbocycles. The molecular weight excluding hydrogens is 142 g/mol. The van der Waals surface area contributed by atoms with E-state index < -0.39 is 5.60 Å².